The topological polar surface area (TPSA) is 41.1 Å². The summed E-state index contributed by atoms with van der Waals surface area (Å²) in [6.07, 6.45) is 0.945. The van der Waals surface area contributed by atoms with Gasteiger partial charge in [-0.1, -0.05) is 35.0 Å². The lowest BCUT2D eigenvalue weighted by molar-refractivity contribution is -0.123. The maximum atomic E-state index is 12.0. The Kier molecular flexibility index (Phi) is 6.52. The van der Waals surface area contributed by atoms with E-state index >= 15 is 0 Å². The molecular formula is C15H23BrN2O. The number of benzene rings is 1. The molecule has 0 fully saturated rings. The summed E-state index contributed by atoms with van der Waals surface area (Å²) >= 11 is 3.42. The third kappa shape index (κ3) is 5.33. The van der Waals surface area contributed by atoms with Gasteiger partial charge in [-0.05, 0) is 44.9 Å². The van der Waals surface area contributed by atoms with Crippen molar-refractivity contribution in [2.24, 2.45) is 0 Å². The highest BCUT2D eigenvalue weighted by atomic mass is 79.9. The Labute approximate surface area is 124 Å². The van der Waals surface area contributed by atoms with E-state index in [1.807, 2.05) is 26.0 Å². The molecule has 0 aliphatic heterocycles. The summed E-state index contributed by atoms with van der Waals surface area (Å²) in [4.78, 5) is 12.0. The molecular weight excluding hydrogens is 304 g/mol. The molecule has 0 bridgehead atoms. The van der Waals surface area contributed by atoms with Crippen molar-refractivity contribution in [2.75, 3.05) is 0 Å². The molecule has 2 unspecified atom stereocenters. The van der Waals surface area contributed by atoms with Crippen LogP contribution >= 0.6 is 15.9 Å². The number of rotatable bonds is 6. The van der Waals surface area contributed by atoms with Gasteiger partial charge in [0.2, 0.25) is 5.91 Å². The lowest BCUT2D eigenvalue weighted by Gasteiger charge is -2.21. The predicted octanol–water partition coefficient (Wildman–Crippen LogP) is 3.40. The number of hydrogen-bond acceptors (Lipinski definition) is 2. The van der Waals surface area contributed by atoms with Crippen LogP contribution in [0.4, 0.5) is 0 Å². The highest BCUT2D eigenvalue weighted by molar-refractivity contribution is 9.10. The summed E-state index contributed by atoms with van der Waals surface area (Å²) in [5, 5.41) is 6.30. The quantitative estimate of drug-likeness (QED) is 0.841. The lowest BCUT2D eigenvalue weighted by atomic mass is 10.1. The first-order chi connectivity index (χ1) is 8.93. The maximum absolute atomic E-state index is 12.0. The molecule has 19 heavy (non-hydrogen) atoms. The van der Waals surface area contributed by atoms with Crippen LogP contribution in [0.25, 0.3) is 0 Å². The van der Waals surface area contributed by atoms with Crippen molar-refractivity contribution in [3.05, 3.63) is 34.3 Å². The van der Waals surface area contributed by atoms with Crippen molar-refractivity contribution in [3.63, 3.8) is 0 Å². The van der Waals surface area contributed by atoms with E-state index in [0.29, 0.717) is 0 Å². The molecule has 1 amide bonds. The van der Waals surface area contributed by atoms with E-state index < -0.39 is 0 Å². The van der Waals surface area contributed by atoms with Crippen LogP contribution in [0.1, 0.15) is 45.7 Å². The van der Waals surface area contributed by atoms with Crippen LogP contribution < -0.4 is 10.6 Å². The first-order valence-corrected chi connectivity index (χ1v) is 7.55. The minimum atomic E-state index is -0.201. The van der Waals surface area contributed by atoms with Crippen molar-refractivity contribution in [2.45, 2.75) is 52.2 Å². The second-order valence-corrected chi connectivity index (χ2v) is 5.90. The van der Waals surface area contributed by atoms with Crippen LogP contribution in [0.3, 0.4) is 0 Å². The molecule has 4 heteroatoms. The molecule has 0 heterocycles. The zero-order chi connectivity index (χ0) is 14.4. The molecule has 3 atom stereocenters. The highest BCUT2D eigenvalue weighted by Gasteiger charge is 2.17. The molecule has 106 valence electrons. The molecule has 0 saturated heterocycles. The van der Waals surface area contributed by atoms with E-state index in [1.54, 1.807) is 0 Å². The van der Waals surface area contributed by atoms with Gasteiger partial charge in [-0.3, -0.25) is 10.1 Å². The molecule has 0 radical (unpaired) electrons. The van der Waals surface area contributed by atoms with Crippen LogP contribution in [0.15, 0.2) is 28.7 Å². The van der Waals surface area contributed by atoms with E-state index in [4.69, 9.17) is 0 Å². The normalized spacial score (nSPS) is 15.6. The van der Waals surface area contributed by atoms with Gasteiger partial charge < -0.3 is 5.32 Å². The SMILES string of the molecule is CCC(C)NC(=O)C(C)N[C@@H](C)c1ccc(Br)cc1. The number of hydrogen-bond donors (Lipinski definition) is 2. The zero-order valence-electron chi connectivity index (χ0n) is 12.0. The van der Waals surface area contributed by atoms with Gasteiger partial charge in [-0.2, -0.15) is 0 Å². The van der Waals surface area contributed by atoms with Gasteiger partial charge >= 0.3 is 0 Å². The van der Waals surface area contributed by atoms with Crippen LogP contribution in [0, 0.1) is 0 Å². The van der Waals surface area contributed by atoms with E-state index in [-0.39, 0.29) is 24.0 Å². The Morgan fingerprint density at radius 2 is 1.79 bits per heavy atom. The third-order valence-electron chi connectivity index (χ3n) is 3.26. The fourth-order valence-electron chi connectivity index (χ4n) is 1.77. The fraction of sp³-hybridized carbons (Fsp3) is 0.533. The lowest BCUT2D eigenvalue weighted by Crippen LogP contribution is -2.45. The Morgan fingerprint density at radius 1 is 1.21 bits per heavy atom. The third-order valence-corrected chi connectivity index (χ3v) is 3.79. The van der Waals surface area contributed by atoms with Crippen molar-refractivity contribution in [1.82, 2.24) is 10.6 Å². The van der Waals surface area contributed by atoms with Gasteiger partial charge in [0.1, 0.15) is 0 Å². The Hall–Kier alpha value is -0.870. The molecule has 1 rings (SSSR count). The molecule has 1 aromatic rings. The van der Waals surface area contributed by atoms with Crippen molar-refractivity contribution in [1.29, 1.82) is 0 Å². The second kappa shape index (κ2) is 7.65. The molecule has 0 aromatic heterocycles. The van der Waals surface area contributed by atoms with E-state index in [1.165, 1.54) is 5.56 Å². The van der Waals surface area contributed by atoms with E-state index in [2.05, 4.69) is 52.5 Å². The predicted molar refractivity (Wildman–Crippen MR) is 83.1 cm³/mol. The summed E-state index contributed by atoms with van der Waals surface area (Å²) in [5.74, 6) is 0.0540. The minimum Gasteiger partial charge on any atom is -0.352 e. The Balaban J connectivity index is 2.53. The molecule has 0 aliphatic rings. The van der Waals surface area contributed by atoms with E-state index in [0.717, 1.165) is 10.9 Å². The number of amides is 1. The van der Waals surface area contributed by atoms with Crippen LogP contribution in [-0.2, 0) is 4.79 Å². The zero-order valence-corrected chi connectivity index (χ0v) is 13.6. The van der Waals surface area contributed by atoms with Gasteiger partial charge in [0.15, 0.2) is 0 Å². The van der Waals surface area contributed by atoms with Gasteiger partial charge in [-0.15, -0.1) is 0 Å². The highest BCUT2D eigenvalue weighted by Crippen LogP contribution is 2.16. The smallest absolute Gasteiger partial charge is 0.237 e. The molecule has 3 nitrogen and oxygen atoms in total. The molecule has 2 N–H and O–H groups in total. The number of carbonyl (C=O) groups is 1. The summed E-state index contributed by atoms with van der Waals surface area (Å²) in [6.45, 7) is 8.04. The average molecular weight is 327 g/mol. The summed E-state index contributed by atoms with van der Waals surface area (Å²) < 4.78 is 1.06. The molecule has 1 aromatic carbocycles. The first kappa shape index (κ1) is 16.2. The van der Waals surface area contributed by atoms with Crippen molar-refractivity contribution >= 4 is 21.8 Å². The molecule has 0 spiro atoms. The van der Waals surface area contributed by atoms with Crippen LogP contribution in [-0.4, -0.2) is 18.0 Å². The number of nitrogens with one attached hydrogen (secondary N) is 2. The van der Waals surface area contributed by atoms with E-state index in [9.17, 15) is 4.79 Å². The maximum Gasteiger partial charge on any atom is 0.237 e. The van der Waals surface area contributed by atoms with Gasteiger partial charge in [-0.25, -0.2) is 0 Å². The summed E-state index contributed by atoms with van der Waals surface area (Å²) in [6, 6.07) is 8.30. The van der Waals surface area contributed by atoms with Gasteiger partial charge in [0, 0.05) is 16.6 Å². The largest absolute Gasteiger partial charge is 0.352 e. The van der Waals surface area contributed by atoms with Gasteiger partial charge in [0.05, 0.1) is 6.04 Å². The number of carbonyl (C=O) groups excluding carboxylic acids is 1. The molecule has 0 aliphatic carbocycles. The van der Waals surface area contributed by atoms with Crippen molar-refractivity contribution in [3.8, 4) is 0 Å². The monoisotopic (exact) mass is 326 g/mol. The Bertz CT molecular complexity index is 405. The fourth-order valence-corrected chi connectivity index (χ4v) is 2.03. The second-order valence-electron chi connectivity index (χ2n) is 4.98. The number of halogens is 1. The first-order valence-electron chi connectivity index (χ1n) is 6.76. The summed E-state index contributed by atoms with van der Waals surface area (Å²) in [7, 11) is 0. The van der Waals surface area contributed by atoms with Gasteiger partial charge in [0.25, 0.3) is 0 Å². The summed E-state index contributed by atoms with van der Waals surface area (Å²) in [5.41, 5.74) is 1.17. The standard InChI is InChI=1S/C15H23BrN2O/c1-5-10(2)17-15(19)12(4)18-11(3)13-6-8-14(16)9-7-13/h6-12,18H,5H2,1-4H3,(H,17,19)/t10?,11-,12?/m0/s1. The van der Waals surface area contributed by atoms with Crippen molar-refractivity contribution < 1.29 is 4.79 Å². The van der Waals surface area contributed by atoms with Crippen LogP contribution in [0.5, 0.6) is 0 Å². The van der Waals surface area contributed by atoms with Crippen LogP contribution in [0.2, 0.25) is 0 Å². The Morgan fingerprint density at radius 3 is 2.32 bits per heavy atom. The molecule has 0 saturated carbocycles. The average Bonchev–Trinajstić information content (AvgIpc) is 2.38. The minimum absolute atomic E-state index is 0.0540.